The van der Waals surface area contributed by atoms with E-state index in [4.69, 9.17) is 0 Å². The topological polar surface area (TPSA) is 86.8 Å². The highest BCUT2D eigenvalue weighted by atomic mass is 32.2. The molecular formula is C33H37N3O4S. The van der Waals surface area contributed by atoms with Crippen molar-refractivity contribution in [1.82, 2.24) is 14.5 Å². The van der Waals surface area contributed by atoms with E-state index in [0.717, 1.165) is 26.2 Å². The van der Waals surface area contributed by atoms with Crippen molar-refractivity contribution < 1.29 is 18.0 Å². The van der Waals surface area contributed by atoms with Gasteiger partial charge < -0.3 is 10.2 Å². The summed E-state index contributed by atoms with van der Waals surface area (Å²) in [6.45, 7) is 4.23. The normalized spacial score (nSPS) is 12.4. The minimum Gasteiger partial charge on any atom is -0.354 e. The Bertz CT molecular complexity index is 1570. The summed E-state index contributed by atoms with van der Waals surface area (Å²) in [4.78, 5) is 29.2. The number of hydrogen-bond donors (Lipinski definition) is 1. The van der Waals surface area contributed by atoms with E-state index >= 15 is 0 Å². The third-order valence-electron chi connectivity index (χ3n) is 6.94. The zero-order chi connectivity index (χ0) is 29.4. The Morgan fingerprint density at radius 3 is 2.00 bits per heavy atom. The second-order valence-corrected chi connectivity index (χ2v) is 12.7. The van der Waals surface area contributed by atoms with Crippen LogP contribution < -0.4 is 5.32 Å². The molecule has 0 aliphatic heterocycles. The van der Waals surface area contributed by atoms with Crippen LogP contribution in [0, 0.1) is 5.92 Å². The van der Waals surface area contributed by atoms with E-state index in [9.17, 15) is 18.0 Å². The molecule has 4 aromatic rings. The van der Waals surface area contributed by atoms with E-state index in [0.29, 0.717) is 13.0 Å². The third kappa shape index (κ3) is 7.80. The zero-order valence-corrected chi connectivity index (χ0v) is 24.6. The zero-order valence-electron chi connectivity index (χ0n) is 23.7. The number of amides is 2. The van der Waals surface area contributed by atoms with Crippen LogP contribution in [0.15, 0.2) is 108 Å². The highest BCUT2D eigenvalue weighted by Crippen LogP contribution is 2.22. The van der Waals surface area contributed by atoms with E-state index in [1.54, 1.807) is 18.2 Å². The van der Waals surface area contributed by atoms with Gasteiger partial charge in [0.2, 0.25) is 21.8 Å². The lowest BCUT2D eigenvalue weighted by atomic mass is 10.0. The minimum atomic E-state index is -3.97. The first-order valence-electron chi connectivity index (χ1n) is 13.8. The molecule has 0 spiro atoms. The predicted molar refractivity (Wildman–Crippen MR) is 163 cm³/mol. The van der Waals surface area contributed by atoms with Gasteiger partial charge in [0.05, 0.1) is 11.4 Å². The molecule has 8 heteroatoms. The lowest BCUT2D eigenvalue weighted by Crippen LogP contribution is -2.53. The van der Waals surface area contributed by atoms with Crippen molar-refractivity contribution in [3.05, 3.63) is 114 Å². The second-order valence-electron chi connectivity index (χ2n) is 10.6. The third-order valence-corrected chi connectivity index (χ3v) is 8.74. The van der Waals surface area contributed by atoms with Crippen molar-refractivity contribution in [2.24, 2.45) is 5.92 Å². The predicted octanol–water partition coefficient (Wildman–Crippen LogP) is 4.87. The first-order chi connectivity index (χ1) is 19.6. The number of sulfonamides is 1. The van der Waals surface area contributed by atoms with Gasteiger partial charge in [-0.1, -0.05) is 105 Å². The van der Waals surface area contributed by atoms with E-state index in [1.807, 2.05) is 98.8 Å². The Morgan fingerprint density at radius 1 is 0.780 bits per heavy atom. The number of carbonyl (C=O) groups is 2. The molecule has 41 heavy (non-hydrogen) atoms. The molecule has 0 saturated carbocycles. The summed E-state index contributed by atoms with van der Waals surface area (Å²) in [5.41, 5.74) is 1.75. The molecule has 0 aliphatic carbocycles. The summed E-state index contributed by atoms with van der Waals surface area (Å²) in [5.74, 6) is -0.499. The second kappa shape index (κ2) is 13.6. The molecule has 0 unspecified atom stereocenters. The standard InChI is InChI=1S/C33H37N3O4S/c1-25(2)22-34-33(38)31(20-26-12-6-4-7-13-26)36(23-27-14-8-5-9-15-27)32(37)24-35(3)41(39,40)30-19-18-28-16-10-11-17-29(28)21-30/h4-19,21,25,31H,20,22-24H2,1-3H3,(H,34,38)/t31-/m1/s1. The van der Waals surface area contributed by atoms with Gasteiger partial charge in [0, 0.05) is 26.6 Å². The van der Waals surface area contributed by atoms with Crippen LogP contribution in [-0.2, 0) is 32.6 Å². The quantitative estimate of drug-likeness (QED) is 0.263. The molecule has 2 amide bonds. The lowest BCUT2D eigenvalue weighted by Gasteiger charge is -2.33. The summed E-state index contributed by atoms with van der Waals surface area (Å²) in [5, 5.41) is 4.71. The van der Waals surface area contributed by atoms with Gasteiger partial charge in [-0.15, -0.1) is 0 Å². The Balaban J connectivity index is 1.65. The highest BCUT2D eigenvalue weighted by molar-refractivity contribution is 7.89. The molecule has 0 heterocycles. The fourth-order valence-electron chi connectivity index (χ4n) is 4.63. The van der Waals surface area contributed by atoms with Gasteiger partial charge in [0.15, 0.2) is 0 Å². The van der Waals surface area contributed by atoms with Crippen LogP contribution in [0.5, 0.6) is 0 Å². The Hall–Kier alpha value is -4.01. The molecule has 0 aromatic heterocycles. The van der Waals surface area contributed by atoms with Crippen molar-refractivity contribution in [3.63, 3.8) is 0 Å². The fraction of sp³-hybridized carbons (Fsp3) is 0.273. The lowest BCUT2D eigenvalue weighted by molar-refractivity contribution is -0.141. The monoisotopic (exact) mass is 571 g/mol. The fourth-order valence-corrected chi connectivity index (χ4v) is 5.79. The van der Waals surface area contributed by atoms with Crippen molar-refractivity contribution in [3.8, 4) is 0 Å². The van der Waals surface area contributed by atoms with Crippen LogP contribution in [-0.4, -0.2) is 55.6 Å². The molecule has 0 fully saturated rings. The molecule has 4 rings (SSSR count). The van der Waals surface area contributed by atoms with Crippen molar-refractivity contribution in [2.45, 2.75) is 37.8 Å². The minimum absolute atomic E-state index is 0.108. The number of likely N-dealkylation sites (N-methyl/N-ethyl adjacent to an activating group) is 1. The van der Waals surface area contributed by atoms with E-state index < -0.39 is 28.5 Å². The summed E-state index contributed by atoms with van der Waals surface area (Å²) >= 11 is 0. The summed E-state index contributed by atoms with van der Waals surface area (Å²) < 4.78 is 28.1. The summed E-state index contributed by atoms with van der Waals surface area (Å²) in [6.07, 6.45) is 0.296. The Labute approximate surface area is 242 Å². The maximum Gasteiger partial charge on any atom is 0.243 e. The van der Waals surface area contributed by atoms with Crippen molar-refractivity contribution in [1.29, 1.82) is 0 Å². The number of hydrogen-bond acceptors (Lipinski definition) is 4. The molecule has 0 saturated heterocycles. The maximum atomic E-state index is 14.0. The average molecular weight is 572 g/mol. The molecule has 4 aromatic carbocycles. The van der Waals surface area contributed by atoms with E-state index in [2.05, 4.69) is 5.32 Å². The van der Waals surface area contributed by atoms with Gasteiger partial charge in [-0.25, -0.2) is 8.42 Å². The van der Waals surface area contributed by atoms with Gasteiger partial charge >= 0.3 is 0 Å². The molecule has 1 atom stereocenters. The van der Waals surface area contributed by atoms with E-state index in [1.165, 1.54) is 11.9 Å². The van der Waals surface area contributed by atoms with Crippen molar-refractivity contribution in [2.75, 3.05) is 20.1 Å². The molecule has 0 radical (unpaired) electrons. The number of benzene rings is 4. The van der Waals surface area contributed by atoms with Crippen molar-refractivity contribution >= 4 is 32.6 Å². The number of nitrogens with zero attached hydrogens (tertiary/aromatic N) is 2. The van der Waals surface area contributed by atoms with Crippen LogP contribution in [0.3, 0.4) is 0 Å². The molecule has 0 bridgehead atoms. The number of nitrogens with one attached hydrogen (secondary N) is 1. The molecule has 7 nitrogen and oxygen atoms in total. The molecule has 214 valence electrons. The Morgan fingerprint density at radius 2 is 1.37 bits per heavy atom. The van der Waals surface area contributed by atoms with Gasteiger partial charge in [-0.2, -0.15) is 4.31 Å². The van der Waals surface area contributed by atoms with Gasteiger partial charge in [-0.3, -0.25) is 9.59 Å². The van der Waals surface area contributed by atoms with Crippen LogP contribution in [0.25, 0.3) is 10.8 Å². The SMILES string of the molecule is CC(C)CNC(=O)[C@@H](Cc1ccccc1)N(Cc1ccccc1)C(=O)CN(C)S(=O)(=O)c1ccc2ccccc2c1. The number of fused-ring (bicyclic) bond motifs is 1. The van der Waals surface area contributed by atoms with Gasteiger partial charge in [-0.05, 0) is 39.9 Å². The first-order valence-corrected chi connectivity index (χ1v) is 15.2. The maximum absolute atomic E-state index is 14.0. The molecule has 1 N–H and O–H groups in total. The summed E-state index contributed by atoms with van der Waals surface area (Å²) in [7, 11) is -2.58. The highest BCUT2D eigenvalue weighted by Gasteiger charge is 2.33. The van der Waals surface area contributed by atoms with Crippen LogP contribution in [0.2, 0.25) is 0 Å². The Kier molecular flexibility index (Phi) is 9.91. The molecule has 0 aliphatic rings. The largest absolute Gasteiger partial charge is 0.354 e. The van der Waals surface area contributed by atoms with Gasteiger partial charge in [0.25, 0.3) is 0 Å². The average Bonchev–Trinajstić information content (AvgIpc) is 2.98. The van der Waals surface area contributed by atoms with Crippen LogP contribution in [0.4, 0.5) is 0 Å². The number of rotatable bonds is 12. The van der Waals surface area contributed by atoms with Crippen LogP contribution in [0.1, 0.15) is 25.0 Å². The van der Waals surface area contributed by atoms with E-state index in [-0.39, 0.29) is 23.3 Å². The number of carbonyl (C=O) groups excluding carboxylic acids is 2. The molecular weight excluding hydrogens is 534 g/mol. The van der Waals surface area contributed by atoms with Crippen LogP contribution >= 0.6 is 0 Å². The summed E-state index contributed by atoms with van der Waals surface area (Å²) in [6, 6.07) is 30.6. The smallest absolute Gasteiger partial charge is 0.243 e. The first kappa shape index (κ1) is 30.0. The van der Waals surface area contributed by atoms with Gasteiger partial charge in [0.1, 0.15) is 6.04 Å².